The van der Waals surface area contributed by atoms with Crippen molar-refractivity contribution in [2.24, 2.45) is 4.99 Å². The number of nitrogens with zero attached hydrogens (tertiary/aromatic N) is 1. The molecule has 1 atom stereocenters. The number of hydrogen-bond acceptors (Lipinski definition) is 2. The lowest BCUT2D eigenvalue weighted by Gasteiger charge is -2.17. The van der Waals surface area contributed by atoms with Gasteiger partial charge in [-0.1, -0.05) is 30.3 Å². The highest BCUT2D eigenvalue weighted by atomic mass is 16.5. The summed E-state index contributed by atoms with van der Waals surface area (Å²) in [6.45, 7) is 6.70. The lowest BCUT2D eigenvalue weighted by molar-refractivity contribution is 0.197. The van der Waals surface area contributed by atoms with Gasteiger partial charge in [0.1, 0.15) is 0 Å². The summed E-state index contributed by atoms with van der Waals surface area (Å²) in [5, 5.41) is 6.75. The molecule has 0 heterocycles. The van der Waals surface area contributed by atoms with Crippen molar-refractivity contribution in [3.8, 4) is 0 Å². The molecule has 0 radical (unpaired) electrons. The molecule has 1 unspecified atom stereocenters. The minimum absolute atomic E-state index is 0.394. The van der Waals surface area contributed by atoms with Crippen LogP contribution in [-0.4, -0.2) is 38.8 Å². The molecule has 0 aliphatic rings. The van der Waals surface area contributed by atoms with Gasteiger partial charge in [-0.3, -0.25) is 4.99 Å². The molecule has 1 aromatic carbocycles. The molecule has 1 rings (SSSR count). The van der Waals surface area contributed by atoms with Crippen molar-refractivity contribution >= 4 is 5.96 Å². The molecule has 0 fully saturated rings. The van der Waals surface area contributed by atoms with Crippen LogP contribution in [0.1, 0.15) is 32.3 Å². The normalized spacial score (nSPS) is 13.0. The van der Waals surface area contributed by atoms with E-state index in [-0.39, 0.29) is 0 Å². The van der Waals surface area contributed by atoms with E-state index < -0.39 is 0 Å². The summed E-state index contributed by atoms with van der Waals surface area (Å²) in [5.74, 6) is 0.897. The molecule has 0 saturated heterocycles. The molecule has 0 aliphatic carbocycles. The number of aryl methyl sites for hydroxylation is 1. The Bertz CT molecular complexity index is 392. The van der Waals surface area contributed by atoms with Crippen LogP contribution in [0.2, 0.25) is 0 Å². The van der Waals surface area contributed by atoms with E-state index in [1.54, 1.807) is 7.11 Å². The number of nitrogens with one attached hydrogen (secondary N) is 2. The van der Waals surface area contributed by atoms with Crippen LogP contribution in [0, 0.1) is 0 Å². The van der Waals surface area contributed by atoms with Gasteiger partial charge < -0.3 is 15.4 Å². The van der Waals surface area contributed by atoms with Crippen LogP contribution >= 0.6 is 0 Å². The summed E-state index contributed by atoms with van der Waals surface area (Å²) in [5.41, 5.74) is 1.38. The van der Waals surface area contributed by atoms with E-state index in [0.29, 0.717) is 6.04 Å². The molecule has 2 N–H and O–H groups in total. The molecule has 0 aliphatic heterocycles. The van der Waals surface area contributed by atoms with Gasteiger partial charge in [-0.25, -0.2) is 0 Å². The summed E-state index contributed by atoms with van der Waals surface area (Å²) in [7, 11) is 1.72. The van der Waals surface area contributed by atoms with Gasteiger partial charge in [-0.15, -0.1) is 0 Å². The summed E-state index contributed by atoms with van der Waals surface area (Å²) < 4.78 is 5.04. The number of guanidine groups is 1. The third-order valence-electron chi connectivity index (χ3n) is 3.21. The van der Waals surface area contributed by atoms with Gasteiger partial charge in [-0.05, 0) is 38.7 Å². The molecular formula is C17H29N3O. The van der Waals surface area contributed by atoms with Crippen LogP contribution in [0.3, 0.4) is 0 Å². The first-order valence-electron chi connectivity index (χ1n) is 7.84. The van der Waals surface area contributed by atoms with Gasteiger partial charge in [0.15, 0.2) is 5.96 Å². The van der Waals surface area contributed by atoms with Gasteiger partial charge in [-0.2, -0.15) is 0 Å². The summed E-state index contributed by atoms with van der Waals surface area (Å²) >= 11 is 0. The number of rotatable bonds is 9. The van der Waals surface area contributed by atoms with Crippen molar-refractivity contribution in [3.05, 3.63) is 35.9 Å². The highest BCUT2D eigenvalue weighted by Crippen LogP contribution is 2.04. The molecule has 118 valence electrons. The maximum Gasteiger partial charge on any atom is 0.191 e. The molecule has 0 bridgehead atoms. The second kappa shape index (κ2) is 11.1. The van der Waals surface area contributed by atoms with E-state index >= 15 is 0 Å². The Morgan fingerprint density at radius 3 is 2.71 bits per heavy atom. The minimum atomic E-state index is 0.394. The van der Waals surface area contributed by atoms with Crippen molar-refractivity contribution in [1.82, 2.24) is 10.6 Å². The van der Waals surface area contributed by atoms with E-state index in [2.05, 4.69) is 59.8 Å². The number of hydrogen-bond donors (Lipinski definition) is 2. The molecule has 1 aromatic rings. The Balaban J connectivity index is 2.35. The topological polar surface area (TPSA) is 45.7 Å². The van der Waals surface area contributed by atoms with Crippen LogP contribution < -0.4 is 10.6 Å². The first-order valence-corrected chi connectivity index (χ1v) is 7.84. The molecule has 4 nitrogen and oxygen atoms in total. The van der Waals surface area contributed by atoms with Gasteiger partial charge >= 0.3 is 0 Å². The molecule has 0 spiro atoms. The average Bonchev–Trinajstić information content (AvgIpc) is 2.51. The largest absolute Gasteiger partial charge is 0.385 e. The van der Waals surface area contributed by atoms with E-state index in [1.165, 1.54) is 5.56 Å². The van der Waals surface area contributed by atoms with Crippen molar-refractivity contribution in [3.63, 3.8) is 0 Å². The Kier molecular flexibility index (Phi) is 9.29. The lowest BCUT2D eigenvalue weighted by atomic mass is 10.1. The van der Waals surface area contributed by atoms with Crippen LogP contribution in [0.15, 0.2) is 35.3 Å². The van der Waals surface area contributed by atoms with Crippen molar-refractivity contribution in [1.29, 1.82) is 0 Å². The maximum atomic E-state index is 5.04. The highest BCUT2D eigenvalue weighted by Gasteiger charge is 2.05. The number of ether oxygens (including phenoxy) is 1. The first-order chi connectivity index (χ1) is 10.3. The molecule has 0 amide bonds. The fourth-order valence-electron chi connectivity index (χ4n) is 2.05. The summed E-state index contributed by atoms with van der Waals surface area (Å²) in [6, 6.07) is 11.0. The second-order valence-electron chi connectivity index (χ2n) is 5.18. The van der Waals surface area contributed by atoms with Crippen molar-refractivity contribution < 1.29 is 4.74 Å². The molecule has 4 heteroatoms. The fraction of sp³-hybridized carbons (Fsp3) is 0.588. The first kappa shape index (κ1) is 17.5. The van der Waals surface area contributed by atoms with Gasteiger partial charge in [0, 0.05) is 32.8 Å². The maximum absolute atomic E-state index is 5.04. The Morgan fingerprint density at radius 1 is 1.29 bits per heavy atom. The zero-order valence-corrected chi connectivity index (χ0v) is 13.6. The Morgan fingerprint density at radius 2 is 2.05 bits per heavy atom. The Labute approximate surface area is 129 Å². The molecule has 0 aromatic heterocycles. The molecule has 21 heavy (non-hydrogen) atoms. The molecule has 0 saturated carbocycles. The quantitative estimate of drug-likeness (QED) is 0.418. The predicted octanol–water partition coefficient (Wildman–Crippen LogP) is 2.60. The number of aliphatic imine (C=N–C) groups is 1. The number of benzene rings is 1. The summed E-state index contributed by atoms with van der Waals surface area (Å²) in [6.07, 6.45) is 3.12. The van der Waals surface area contributed by atoms with Crippen LogP contribution in [0.25, 0.3) is 0 Å². The predicted molar refractivity (Wildman–Crippen MR) is 89.8 cm³/mol. The van der Waals surface area contributed by atoms with Gasteiger partial charge in [0.25, 0.3) is 0 Å². The van der Waals surface area contributed by atoms with Crippen molar-refractivity contribution in [2.75, 3.05) is 26.8 Å². The van der Waals surface area contributed by atoms with E-state index in [4.69, 9.17) is 4.74 Å². The minimum Gasteiger partial charge on any atom is -0.385 e. The Hall–Kier alpha value is -1.55. The molecular weight excluding hydrogens is 262 g/mol. The van der Waals surface area contributed by atoms with Crippen LogP contribution in [0.4, 0.5) is 0 Å². The monoisotopic (exact) mass is 291 g/mol. The fourth-order valence-corrected chi connectivity index (χ4v) is 2.05. The number of methoxy groups -OCH3 is 1. The smallest absolute Gasteiger partial charge is 0.191 e. The SMILES string of the molecule is CCNC(=NCCCOC)NC(C)CCc1ccccc1. The highest BCUT2D eigenvalue weighted by molar-refractivity contribution is 5.80. The van der Waals surface area contributed by atoms with Crippen LogP contribution in [0.5, 0.6) is 0 Å². The third kappa shape index (κ3) is 8.35. The van der Waals surface area contributed by atoms with E-state index in [1.807, 2.05) is 0 Å². The van der Waals surface area contributed by atoms with Gasteiger partial charge in [0.2, 0.25) is 0 Å². The van der Waals surface area contributed by atoms with E-state index in [0.717, 1.165) is 44.9 Å². The lowest BCUT2D eigenvalue weighted by Crippen LogP contribution is -2.42. The second-order valence-corrected chi connectivity index (χ2v) is 5.18. The van der Waals surface area contributed by atoms with E-state index in [9.17, 15) is 0 Å². The van der Waals surface area contributed by atoms with Crippen LogP contribution in [-0.2, 0) is 11.2 Å². The average molecular weight is 291 g/mol. The zero-order valence-electron chi connectivity index (χ0n) is 13.6. The third-order valence-corrected chi connectivity index (χ3v) is 3.21. The van der Waals surface area contributed by atoms with Gasteiger partial charge in [0.05, 0.1) is 0 Å². The zero-order chi connectivity index (χ0) is 15.3. The standard InChI is InChI=1S/C17H29N3O/c1-4-18-17(19-13-8-14-21-3)20-15(2)11-12-16-9-6-5-7-10-16/h5-7,9-10,15H,4,8,11-14H2,1-3H3,(H2,18,19,20). The van der Waals surface area contributed by atoms with Crippen molar-refractivity contribution in [2.45, 2.75) is 39.2 Å². The summed E-state index contributed by atoms with van der Waals surface area (Å²) in [4.78, 5) is 4.56.